The molecule has 2 saturated heterocycles. The van der Waals surface area contributed by atoms with Crippen molar-refractivity contribution in [1.82, 2.24) is 19.6 Å². The number of rotatable bonds is 5. The second-order valence-corrected chi connectivity index (χ2v) is 7.49. The van der Waals surface area contributed by atoms with E-state index in [1.807, 2.05) is 22.9 Å². The maximum absolute atomic E-state index is 12.5. The number of hydrogen-bond acceptors (Lipinski definition) is 4. The molecule has 0 saturated carbocycles. The highest BCUT2D eigenvalue weighted by Gasteiger charge is 2.41. The Bertz CT molecular complexity index is 620. The van der Waals surface area contributed by atoms with E-state index < -0.39 is 0 Å². The van der Waals surface area contributed by atoms with Gasteiger partial charge in [-0.3, -0.25) is 14.3 Å². The van der Waals surface area contributed by atoms with E-state index in [2.05, 4.69) is 5.10 Å². The maximum Gasteiger partial charge on any atom is 0.244 e. The summed E-state index contributed by atoms with van der Waals surface area (Å²) >= 11 is 0. The smallest absolute Gasteiger partial charge is 0.244 e. The number of hydrogen-bond donors (Lipinski definition) is 1. The van der Waals surface area contributed by atoms with E-state index in [1.165, 1.54) is 0 Å². The molecule has 1 N–H and O–H groups in total. The molecule has 1 spiro atoms. The Kier molecular flexibility index (Phi) is 5.42. The number of aliphatic hydroxyl groups is 1. The number of carbonyl (C=O) groups is 2. The van der Waals surface area contributed by atoms with Gasteiger partial charge in [-0.2, -0.15) is 5.10 Å². The molecule has 1 aromatic rings. The van der Waals surface area contributed by atoms with Crippen LogP contribution in [0.4, 0.5) is 0 Å². The number of aryl methyl sites for hydroxylation is 1. The minimum atomic E-state index is 0.113. The first-order chi connectivity index (χ1) is 12.0. The quantitative estimate of drug-likeness (QED) is 0.854. The second kappa shape index (κ2) is 7.56. The molecule has 25 heavy (non-hydrogen) atoms. The molecular formula is C18H28N4O3. The maximum atomic E-state index is 12.5. The summed E-state index contributed by atoms with van der Waals surface area (Å²) in [6, 6.07) is 0. The van der Waals surface area contributed by atoms with E-state index in [4.69, 9.17) is 5.11 Å². The van der Waals surface area contributed by atoms with Crippen molar-refractivity contribution in [2.75, 3.05) is 32.8 Å². The van der Waals surface area contributed by atoms with Crippen LogP contribution in [0.5, 0.6) is 0 Å². The summed E-state index contributed by atoms with van der Waals surface area (Å²) in [4.78, 5) is 28.4. The van der Waals surface area contributed by atoms with Crippen LogP contribution in [0.2, 0.25) is 0 Å². The highest BCUT2D eigenvalue weighted by atomic mass is 16.3. The molecule has 7 nitrogen and oxygen atoms in total. The summed E-state index contributed by atoms with van der Waals surface area (Å²) in [5.74, 6) is 0.314. The van der Waals surface area contributed by atoms with Gasteiger partial charge in [-0.1, -0.05) is 0 Å². The number of aromatic nitrogens is 2. The summed E-state index contributed by atoms with van der Waals surface area (Å²) in [5, 5.41) is 13.2. The zero-order chi connectivity index (χ0) is 17.9. The van der Waals surface area contributed by atoms with Gasteiger partial charge in [0.2, 0.25) is 11.8 Å². The zero-order valence-corrected chi connectivity index (χ0v) is 15.0. The lowest BCUT2D eigenvalue weighted by molar-refractivity contribution is -0.143. The lowest BCUT2D eigenvalue weighted by atomic mass is 9.72. The molecule has 0 unspecified atom stereocenters. The van der Waals surface area contributed by atoms with Gasteiger partial charge in [-0.15, -0.1) is 0 Å². The summed E-state index contributed by atoms with van der Waals surface area (Å²) in [6.45, 7) is 5.28. The highest BCUT2D eigenvalue weighted by molar-refractivity contribution is 5.77. The van der Waals surface area contributed by atoms with Crippen molar-refractivity contribution in [1.29, 1.82) is 0 Å². The van der Waals surface area contributed by atoms with Gasteiger partial charge in [-0.05, 0) is 43.6 Å². The third-order valence-electron chi connectivity index (χ3n) is 5.57. The van der Waals surface area contributed by atoms with Crippen molar-refractivity contribution in [3.05, 3.63) is 18.0 Å². The normalized spacial score (nSPS) is 20.3. The molecule has 2 fully saturated rings. The first kappa shape index (κ1) is 17.9. The number of amides is 2. The lowest BCUT2D eigenvalue weighted by Crippen LogP contribution is -2.52. The number of carbonyl (C=O) groups excluding carboxylic acids is 2. The van der Waals surface area contributed by atoms with Gasteiger partial charge in [0.15, 0.2) is 0 Å². The monoisotopic (exact) mass is 348 g/mol. The van der Waals surface area contributed by atoms with E-state index in [1.54, 1.807) is 10.9 Å². The van der Waals surface area contributed by atoms with E-state index in [0.717, 1.165) is 44.5 Å². The first-order valence-electron chi connectivity index (χ1n) is 9.17. The summed E-state index contributed by atoms with van der Waals surface area (Å²) in [5.41, 5.74) is 1.20. The second-order valence-electron chi connectivity index (χ2n) is 7.49. The standard InChI is InChI=1S/C18H28N4O3/c1-15-11-19-22(12-15)13-17(25)20-8-5-18(6-9-20)4-3-16(24)21(14-18)7-2-10-23/h11-12,23H,2-10,13-14H2,1H3. The summed E-state index contributed by atoms with van der Waals surface area (Å²) in [6.07, 6.45) is 7.68. The van der Waals surface area contributed by atoms with E-state index >= 15 is 0 Å². The van der Waals surface area contributed by atoms with Crippen LogP contribution in [0, 0.1) is 12.3 Å². The van der Waals surface area contributed by atoms with Crippen LogP contribution >= 0.6 is 0 Å². The molecule has 0 atom stereocenters. The molecular weight excluding hydrogens is 320 g/mol. The van der Waals surface area contributed by atoms with Crippen LogP contribution in [0.15, 0.2) is 12.4 Å². The number of likely N-dealkylation sites (tertiary alicyclic amines) is 2. The Morgan fingerprint density at radius 1 is 1.32 bits per heavy atom. The molecule has 2 amide bonds. The van der Waals surface area contributed by atoms with Crippen LogP contribution in [0.3, 0.4) is 0 Å². The Balaban J connectivity index is 1.53. The van der Waals surface area contributed by atoms with Gasteiger partial charge >= 0.3 is 0 Å². The van der Waals surface area contributed by atoms with Crippen molar-refractivity contribution in [2.45, 2.75) is 45.6 Å². The molecule has 3 rings (SSSR count). The topological polar surface area (TPSA) is 78.7 Å². The third kappa shape index (κ3) is 4.21. The van der Waals surface area contributed by atoms with Gasteiger partial charge in [0.05, 0.1) is 6.20 Å². The fourth-order valence-corrected chi connectivity index (χ4v) is 4.00. The number of aliphatic hydroxyl groups excluding tert-OH is 1. The van der Waals surface area contributed by atoms with Gasteiger partial charge in [0.1, 0.15) is 6.54 Å². The van der Waals surface area contributed by atoms with Crippen molar-refractivity contribution < 1.29 is 14.7 Å². The molecule has 0 aliphatic carbocycles. The zero-order valence-electron chi connectivity index (χ0n) is 15.0. The minimum Gasteiger partial charge on any atom is -0.396 e. The Labute approximate surface area is 148 Å². The molecule has 138 valence electrons. The Morgan fingerprint density at radius 2 is 2.08 bits per heavy atom. The molecule has 1 aromatic heterocycles. The van der Waals surface area contributed by atoms with Crippen molar-refractivity contribution in [2.24, 2.45) is 5.41 Å². The average molecular weight is 348 g/mol. The van der Waals surface area contributed by atoms with E-state index in [9.17, 15) is 9.59 Å². The van der Waals surface area contributed by atoms with Crippen LogP contribution in [-0.2, 0) is 16.1 Å². The Morgan fingerprint density at radius 3 is 2.72 bits per heavy atom. The van der Waals surface area contributed by atoms with Crippen molar-refractivity contribution in [3.63, 3.8) is 0 Å². The van der Waals surface area contributed by atoms with Crippen LogP contribution < -0.4 is 0 Å². The van der Waals surface area contributed by atoms with Gasteiger partial charge in [0.25, 0.3) is 0 Å². The third-order valence-corrected chi connectivity index (χ3v) is 5.57. The van der Waals surface area contributed by atoms with Crippen LogP contribution in [-0.4, -0.2) is 69.3 Å². The van der Waals surface area contributed by atoms with Crippen LogP contribution in [0.1, 0.15) is 37.7 Å². The van der Waals surface area contributed by atoms with E-state index in [0.29, 0.717) is 25.9 Å². The fraction of sp³-hybridized carbons (Fsp3) is 0.722. The summed E-state index contributed by atoms with van der Waals surface area (Å²) < 4.78 is 1.69. The first-order valence-corrected chi connectivity index (χ1v) is 9.17. The number of piperidine rings is 2. The molecule has 2 aliphatic heterocycles. The van der Waals surface area contributed by atoms with Crippen molar-refractivity contribution >= 4 is 11.8 Å². The average Bonchev–Trinajstić information content (AvgIpc) is 3.01. The molecule has 0 radical (unpaired) electrons. The van der Waals surface area contributed by atoms with Crippen molar-refractivity contribution in [3.8, 4) is 0 Å². The predicted molar refractivity (Wildman–Crippen MR) is 92.7 cm³/mol. The van der Waals surface area contributed by atoms with Crippen LogP contribution in [0.25, 0.3) is 0 Å². The SMILES string of the molecule is Cc1cnn(CC(=O)N2CCC3(CCC(=O)N(CCCO)C3)CC2)c1. The lowest BCUT2D eigenvalue weighted by Gasteiger charge is -2.47. The predicted octanol–water partition coefficient (Wildman–Crippen LogP) is 0.805. The molecule has 7 heteroatoms. The molecule has 0 bridgehead atoms. The highest BCUT2D eigenvalue weighted by Crippen LogP contribution is 2.40. The van der Waals surface area contributed by atoms with Gasteiger partial charge < -0.3 is 14.9 Å². The minimum absolute atomic E-state index is 0.113. The molecule has 0 aromatic carbocycles. The number of nitrogens with zero attached hydrogens (tertiary/aromatic N) is 4. The fourth-order valence-electron chi connectivity index (χ4n) is 4.00. The van der Waals surface area contributed by atoms with E-state index in [-0.39, 0.29) is 23.8 Å². The van der Waals surface area contributed by atoms with Gasteiger partial charge in [-0.25, -0.2) is 0 Å². The molecule has 2 aliphatic rings. The largest absolute Gasteiger partial charge is 0.396 e. The molecule has 3 heterocycles. The van der Waals surface area contributed by atoms with Gasteiger partial charge in [0, 0.05) is 45.4 Å². The Hall–Kier alpha value is -1.89. The summed E-state index contributed by atoms with van der Waals surface area (Å²) in [7, 11) is 0.